The van der Waals surface area contributed by atoms with E-state index >= 15 is 0 Å². The van der Waals surface area contributed by atoms with Crippen LogP contribution in [0, 0.1) is 5.82 Å². The first kappa shape index (κ1) is 24.1. The van der Waals surface area contributed by atoms with Gasteiger partial charge in [0.05, 0.1) is 6.54 Å². The average Bonchev–Trinajstić information content (AvgIpc) is 3.29. The molecule has 0 radical (unpaired) electrons. The minimum atomic E-state index is -1.22. The summed E-state index contributed by atoms with van der Waals surface area (Å²) in [6, 6.07) is 10.7. The molecule has 10 nitrogen and oxygen atoms in total. The number of hydrogen-bond acceptors (Lipinski definition) is 8. The highest BCUT2D eigenvalue weighted by molar-refractivity contribution is 7.11. The van der Waals surface area contributed by atoms with Crippen LogP contribution < -0.4 is 21.4 Å². The van der Waals surface area contributed by atoms with Crippen LogP contribution in [-0.2, 0) is 13.1 Å². The van der Waals surface area contributed by atoms with Gasteiger partial charge in [-0.15, -0.1) is 0 Å². The molecule has 13 heteroatoms. The molecule has 35 heavy (non-hydrogen) atoms. The molecule has 0 bridgehead atoms. The third kappa shape index (κ3) is 5.39. The lowest BCUT2D eigenvalue weighted by Crippen LogP contribution is -2.42. The number of aromatic carboxylic acids is 1. The molecule has 0 amide bonds. The van der Waals surface area contributed by atoms with Crippen molar-refractivity contribution in [2.75, 3.05) is 5.32 Å². The van der Waals surface area contributed by atoms with E-state index in [2.05, 4.69) is 15.3 Å². The van der Waals surface area contributed by atoms with Gasteiger partial charge >= 0.3 is 17.3 Å². The smallest absolute Gasteiger partial charge is 0.355 e. The second kappa shape index (κ2) is 10.1. The lowest BCUT2D eigenvalue weighted by Gasteiger charge is -2.15. The third-order valence-corrected chi connectivity index (χ3v) is 5.78. The number of anilines is 2. The van der Waals surface area contributed by atoms with Crippen molar-refractivity contribution in [1.29, 1.82) is 0 Å². The molecule has 0 fully saturated rings. The molecule has 4 aromatic rings. The van der Waals surface area contributed by atoms with E-state index < -0.39 is 23.2 Å². The number of carbonyl (C=O) groups is 1. The summed E-state index contributed by atoms with van der Waals surface area (Å²) in [6.07, 6.45) is 0. The first-order valence-electron chi connectivity index (χ1n) is 10.1. The van der Waals surface area contributed by atoms with Crippen LogP contribution >= 0.6 is 22.9 Å². The Hall–Kier alpha value is -4.03. The SMILES string of the molecule is CCn1c(=O)nc(Nc2ccc(Oc3nc(C(=O)O)cs3)c(F)c2)n(Cc2ccc(Cl)cc2)c1=O. The molecule has 0 aliphatic carbocycles. The molecule has 0 aliphatic heterocycles. The second-order valence-corrected chi connectivity index (χ2v) is 8.39. The van der Waals surface area contributed by atoms with E-state index in [1.54, 1.807) is 31.2 Å². The zero-order valence-corrected chi connectivity index (χ0v) is 19.6. The summed E-state index contributed by atoms with van der Waals surface area (Å²) in [5.41, 5.74) is -0.600. The van der Waals surface area contributed by atoms with Gasteiger partial charge < -0.3 is 15.2 Å². The van der Waals surface area contributed by atoms with Gasteiger partial charge in [0.2, 0.25) is 5.95 Å². The van der Waals surface area contributed by atoms with Crippen LogP contribution in [0.5, 0.6) is 10.9 Å². The number of thiazole rings is 1. The van der Waals surface area contributed by atoms with Crippen molar-refractivity contribution in [3.05, 3.63) is 90.9 Å². The van der Waals surface area contributed by atoms with Crippen LogP contribution in [0.1, 0.15) is 23.0 Å². The number of benzene rings is 2. The zero-order valence-electron chi connectivity index (χ0n) is 18.1. The van der Waals surface area contributed by atoms with Gasteiger partial charge in [-0.25, -0.2) is 23.3 Å². The van der Waals surface area contributed by atoms with Crippen LogP contribution in [0.25, 0.3) is 0 Å². The van der Waals surface area contributed by atoms with Gasteiger partial charge in [0.15, 0.2) is 17.3 Å². The van der Waals surface area contributed by atoms with E-state index in [0.717, 1.165) is 27.5 Å². The Kier molecular flexibility index (Phi) is 6.94. The summed E-state index contributed by atoms with van der Waals surface area (Å²) in [5, 5.41) is 13.5. The van der Waals surface area contributed by atoms with Crippen molar-refractivity contribution in [2.45, 2.75) is 20.0 Å². The first-order valence-corrected chi connectivity index (χ1v) is 11.4. The largest absolute Gasteiger partial charge is 0.476 e. The predicted octanol–water partition coefficient (Wildman–Crippen LogP) is 3.96. The fraction of sp³-hybridized carbons (Fsp3) is 0.136. The Morgan fingerprint density at radius 3 is 2.54 bits per heavy atom. The van der Waals surface area contributed by atoms with E-state index in [4.69, 9.17) is 21.4 Å². The number of aromatic nitrogens is 4. The van der Waals surface area contributed by atoms with E-state index in [0.29, 0.717) is 5.02 Å². The van der Waals surface area contributed by atoms with Crippen molar-refractivity contribution in [3.8, 4) is 10.9 Å². The molecule has 2 aromatic heterocycles. The highest BCUT2D eigenvalue weighted by Gasteiger charge is 2.16. The number of carboxylic acid groups (broad SMARTS) is 1. The third-order valence-electron chi connectivity index (χ3n) is 4.81. The second-order valence-electron chi connectivity index (χ2n) is 7.13. The van der Waals surface area contributed by atoms with Gasteiger partial charge in [-0.05, 0) is 36.8 Å². The molecule has 0 aliphatic rings. The van der Waals surface area contributed by atoms with E-state index in [-0.39, 0.29) is 41.4 Å². The number of ether oxygens (including phenoxy) is 1. The van der Waals surface area contributed by atoms with Crippen LogP contribution in [-0.4, -0.2) is 30.2 Å². The van der Waals surface area contributed by atoms with Crippen LogP contribution in [0.15, 0.2) is 57.4 Å². The summed E-state index contributed by atoms with van der Waals surface area (Å²) in [6.45, 7) is 1.87. The van der Waals surface area contributed by atoms with Crippen molar-refractivity contribution in [2.24, 2.45) is 0 Å². The van der Waals surface area contributed by atoms with Crippen molar-refractivity contribution >= 4 is 40.5 Å². The molecular formula is C22H17ClFN5O5S. The van der Waals surface area contributed by atoms with Gasteiger partial charge in [-0.1, -0.05) is 35.1 Å². The predicted molar refractivity (Wildman–Crippen MR) is 128 cm³/mol. The number of carboxylic acids is 1. The van der Waals surface area contributed by atoms with Gasteiger partial charge in [0.25, 0.3) is 5.19 Å². The van der Waals surface area contributed by atoms with E-state index in [1.165, 1.54) is 22.1 Å². The highest BCUT2D eigenvalue weighted by Crippen LogP contribution is 2.29. The molecule has 4 rings (SSSR count). The van der Waals surface area contributed by atoms with Crippen molar-refractivity contribution in [3.63, 3.8) is 0 Å². The quantitative estimate of drug-likeness (QED) is 0.359. The molecule has 2 aromatic carbocycles. The van der Waals surface area contributed by atoms with Crippen LogP contribution in [0.3, 0.4) is 0 Å². The number of hydrogen-bond donors (Lipinski definition) is 2. The summed E-state index contributed by atoms with van der Waals surface area (Å²) < 4.78 is 22.3. The Bertz CT molecular complexity index is 1520. The van der Waals surface area contributed by atoms with E-state index in [1.807, 2.05) is 0 Å². The summed E-state index contributed by atoms with van der Waals surface area (Å²) in [5.74, 6) is -2.26. The lowest BCUT2D eigenvalue weighted by atomic mass is 10.2. The highest BCUT2D eigenvalue weighted by atomic mass is 35.5. The van der Waals surface area contributed by atoms with Gasteiger partial charge in [0.1, 0.15) is 0 Å². The lowest BCUT2D eigenvalue weighted by molar-refractivity contribution is 0.0690. The summed E-state index contributed by atoms with van der Waals surface area (Å²) in [4.78, 5) is 44.0. The fourth-order valence-electron chi connectivity index (χ4n) is 3.10. The summed E-state index contributed by atoms with van der Waals surface area (Å²) >= 11 is 6.84. The van der Waals surface area contributed by atoms with Crippen molar-refractivity contribution in [1.82, 2.24) is 19.1 Å². The molecule has 0 saturated heterocycles. The Balaban J connectivity index is 1.64. The molecule has 0 atom stereocenters. The molecule has 0 saturated carbocycles. The molecule has 180 valence electrons. The zero-order chi connectivity index (χ0) is 25.1. The van der Waals surface area contributed by atoms with Gasteiger partial charge in [0, 0.05) is 28.7 Å². The normalized spacial score (nSPS) is 10.8. The maximum Gasteiger partial charge on any atom is 0.355 e. The molecular weight excluding hydrogens is 501 g/mol. The number of rotatable bonds is 8. The molecule has 2 N–H and O–H groups in total. The number of halogens is 2. The van der Waals surface area contributed by atoms with Crippen LogP contribution in [0.4, 0.5) is 16.0 Å². The topological polar surface area (TPSA) is 128 Å². The fourth-order valence-corrected chi connectivity index (χ4v) is 3.88. The molecule has 2 heterocycles. The minimum absolute atomic E-state index is 0.0383. The Labute approximate surface area is 205 Å². The minimum Gasteiger partial charge on any atom is -0.476 e. The Morgan fingerprint density at radius 2 is 1.91 bits per heavy atom. The summed E-state index contributed by atoms with van der Waals surface area (Å²) in [7, 11) is 0. The first-order chi connectivity index (χ1) is 16.7. The number of nitrogens with one attached hydrogen (secondary N) is 1. The van der Waals surface area contributed by atoms with Gasteiger partial charge in [-0.2, -0.15) is 9.97 Å². The number of nitrogens with zero attached hydrogens (tertiary/aromatic N) is 4. The van der Waals surface area contributed by atoms with Crippen molar-refractivity contribution < 1.29 is 19.0 Å². The van der Waals surface area contributed by atoms with Crippen LogP contribution in [0.2, 0.25) is 5.02 Å². The van der Waals surface area contributed by atoms with E-state index in [9.17, 15) is 18.8 Å². The monoisotopic (exact) mass is 517 g/mol. The molecule has 0 unspecified atom stereocenters. The average molecular weight is 518 g/mol. The Morgan fingerprint density at radius 1 is 1.17 bits per heavy atom. The van der Waals surface area contributed by atoms with Gasteiger partial charge in [-0.3, -0.25) is 4.57 Å². The maximum atomic E-state index is 14.7. The standard InChI is InChI=1S/C22H17ClFN5O5S/c1-2-28-20(32)27-19(29(22(28)33)10-12-3-5-13(23)6-4-12)25-14-7-8-17(15(24)9-14)34-21-26-16(11-35-21)18(30)31/h3-9,11H,2,10H2,1H3,(H,30,31)(H,25,27,32). The molecule has 0 spiro atoms. The maximum absolute atomic E-state index is 14.7.